The Bertz CT molecular complexity index is 831. The Morgan fingerprint density at radius 2 is 1.76 bits per heavy atom. The zero-order valence-corrected chi connectivity index (χ0v) is 20.7. The molecule has 182 valence electrons. The normalized spacial score (nSPS) is 17.8. The van der Waals surface area contributed by atoms with Gasteiger partial charge in [-0.3, -0.25) is 25.0 Å². The molecule has 1 fully saturated rings. The van der Waals surface area contributed by atoms with Crippen LogP contribution < -0.4 is 16.2 Å². The molecular weight excluding hydrogens is 440 g/mol. The highest BCUT2D eigenvalue weighted by Crippen LogP contribution is 2.27. The lowest BCUT2D eigenvalue weighted by Gasteiger charge is -2.28. The highest BCUT2D eigenvalue weighted by Gasteiger charge is 2.40. The number of rotatable bonds is 12. The molecule has 0 aromatic heterocycles. The number of hydrogen-bond acceptors (Lipinski definition) is 5. The molecule has 0 spiro atoms. The van der Waals surface area contributed by atoms with Crippen LogP contribution in [0.3, 0.4) is 0 Å². The molecule has 3 amide bonds. The highest BCUT2D eigenvalue weighted by molar-refractivity contribution is 7.80. The van der Waals surface area contributed by atoms with Gasteiger partial charge in [-0.2, -0.15) is 5.01 Å². The van der Waals surface area contributed by atoms with Gasteiger partial charge >= 0.3 is 0 Å². The van der Waals surface area contributed by atoms with E-state index in [1.165, 1.54) is 0 Å². The van der Waals surface area contributed by atoms with E-state index in [0.29, 0.717) is 25.7 Å². The monoisotopic (exact) mass is 476 g/mol. The fourth-order valence-corrected chi connectivity index (χ4v) is 4.47. The molecule has 9 heteroatoms. The minimum Gasteiger partial charge on any atom is -0.349 e. The molecule has 1 aromatic rings. The van der Waals surface area contributed by atoms with Crippen molar-refractivity contribution in [2.24, 2.45) is 23.7 Å². The first-order valence-corrected chi connectivity index (χ1v) is 12.0. The number of hydrogen-bond donors (Lipinski definition) is 4. The molecule has 0 saturated carbocycles. The molecule has 0 bridgehead atoms. The lowest BCUT2D eigenvalue weighted by molar-refractivity contribution is -0.144. The van der Waals surface area contributed by atoms with Crippen molar-refractivity contribution in [2.45, 2.75) is 65.8 Å². The molecule has 1 saturated heterocycles. The van der Waals surface area contributed by atoms with Crippen molar-refractivity contribution >= 4 is 35.1 Å². The van der Waals surface area contributed by atoms with Gasteiger partial charge in [0.15, 0.2) is 5.11 Å². The number of carbonyl (C=O) groups excluding carboxylic acids is 3. The van der Waals surface area contributed by atoms with Gasteiger partial charge in [0.1, 0.15) is 6.04 Å². The summed E-state index contributed by atoms with van der Waals surface area (Å²) in [6, 6.07) is 9.40. The van der Waals surface area contributed by atoms with Crippen LogP contribution in [0.15, 0.2) is 30.3 Å². The predicted molar refractivity (Wildman–Crippen MR) is 130 cm³/mol. The first kappa shape index (κ1) is 26.7. The lowest BCUT2D eigenvalue weighted by Crippen LogP contribution is -2.51. The Kier molecular flexibility index (Phi) is 10.2. The molecule has 33 heavy (non-hydrogen) atoms. The summed E-state index contributed by atoms with van der Waals surface area (Å²) in [5.74, 6) is -2.44. The topological polar surface area (TPSA) is 111 Å². The third-order valence-corrected chi connectivity index (χ3v) is 6.07. The maximum absolute atomic E-state index is 13.3. The van der Waals surface area contributed by atoms with Crippen molar-refractivity contribution < 1.29 is 19.6 Å². The second kappa shape index (κ2) is 12.6. The predicted octanol–water partition coefficient (Wildman–Crippen LogP) is 2.96. The summed E-state index contributed by atoms with van der Waals surface area (Å²) in [5.41, 5.74) is 5.50. The van der Waals surface area contributed by atoms with E-state index in [9.17, 15) is 19.6 Å². The number of hydroxylamine groups is 1. The fourth-order valence-electron chi connectivity index (χ4n) is 4.19. The number of thiocarbonyl (C=S) groups is 1. The van der Waals surface area contributed by atoms with E-state index in [-0.39, 0.29) is 22.9 Å². The van der Waals surface area contributed by atoms with E-state index in [1.54, 1.807) is 5.48 Å². The Balaban J connectivity index is 2.14. The molecule has 3 atom stereocenters. The minimum absolute atomic E-state index is 0.122. The molecular formula is C24H36N4O4S. The molecule has 0 radical (unpaired) electrons. The zero-order valence-electron chi connectivity index (χ0n) is 19.8. The van der Waals surface area contributed by atoms with Gasteiger partial charge in [-0.05, 0) is 61.7 Å². The van der Waals surface area contributed by atoms with Gasteiger partial charge in [-0.15, -0.1) is 0 Å². The third-order valence-electron chi connectivity index (χ3n) is 5.77. The standard InChI is InChI=1S/C24H36N4O4S/c1-15(2)13-19(18(22(30)27-32)12-8-11-17-9-6-5-7-10-17)21(29)26-28-23(31)20(14-16(3)4)25-24(28)33/h5-7,9-10,15-16,18-20,32H,8,11-14H2,1-4H3,(H,25,33)(H,26,29)(H,27,30)/t18-,19?,20?/m1/s1. The second-order valence-electron chi connectivity index (χ2n) is 9.48. The summed E-state index contributed by atoms with van der Waals surface area (Å²) in [7, 11) is 0. The average molecular weight is 477 g/mol. The van der Waals surface area contributed by atoms with E-state index in [0.717, 1.165) is 17.0 Å². The molecule has 2 unspecified atom stereocenters. The van der Waals surface area contributed by atoms with Gasteiger partial charge in [0.05, 0.1) is 11.8 Å². The number of aryl methyl sites for hydroxylation is 1. The van der Waals surface area contributed by atoms with Crippen LogP contribution in [-0.4, -0.2) is 39.1 Å². The van der Waals surface area contributed by atoms with Crippen LogP contribution in [0.25, 0.3) is 0 Å². The summed E-state index contributed by atoms with van der Waals surface area (Å²) in [5, 5.41) is 13.5. The number of benzene rings is 1. The largest absolute Gasteiger partial charge is 0.349 e. The van der Waals surface area contributed by atoms with Crippen LogP contribution in [0, 0.1) is 23.7 Å². The molecule has 8 nitrogen and oxygen atoms in total. The van der Waals surface area contributed by atoms with Crippen molar-refractivity contribution in [2.75, 3.05) is 0 Å². The highest BCUT2D eigenvalue weighted by atomic mass is 32.1. The molecule has 1 aliphatic heterocycles. The Labute approximate surface area is 201 Å². The lowest BCUT2D eigenvalue weighted by atomic mass is 9.81. The SMILES string of the molecule is CC(C)CC1NC(=S)N(NC(=O)C(CC(C)C)[C@@H](CCCc2ccccc2)C(=O)NO)C1=O. The van der Waals surface area contributed by atoms with Gasteiger partial charge in [0, 0.05) is 0 Å². The van der Waals surface area contributed by atoms with Crippen LogP contribution in [0.4, 0.5) is 0 Å². The molecule has 1 aliphatic rings. The van der Waals surface area contributed by atoms with E-state index in [1.807, 2.05) is 58.0 Å². The van der Waals surface area contributed by atoms with Crippen molar-refractivity contribution in [3.8, 4) is 0 Å². The molecule has 0 aliphatic carbocycles. The van der Waals surface area contributed by atoms with E-state index < -0.39 is 29.7 Å². The van der Waals surface area contributed by atoms with E-state index in [4.69, 9.17) is 12.2 Å². The van der Waals surface area contributed by atoms with Crippen LogP contribution in [0.2, 0.25) is 0 Å². The number of nitrogens with one attached hydrogen (secondary N) is 3. The summed E-state index contributed by atoms with van der Waals surface area (Å²) < 4.78 is 0. The zero-order chi connectivity index (χ0) is 24.5. The van der Waals surface area contributed by atoms with Crippen molar-refractivity contribution in [1.29, 1.82) is 0 Å². The minimum atomic E-state index is -0.744. The number of carbonyl (C=O) groups is 3. The maximum Gasteiger partial charge on any atom is 0.270 e. The molecule has 4 N–H and O–H groups in total. The van der Waals surface area contributed by atoms with Gasteiger partial charge in [-0.25, -0.2) is 5.48 Å². The Morgan fingerprint density at radius 3 is 2.33 bits per heavy atom. The third kappa shape index (κ3) is 7.78. The quantitative estimate of drug-likeness (QED) is 0.210. The maximum atomic E-state index is 13.3. The number of amides is 3. The first-order chi connectivity index (χ1) is 15.6. The smallest absolute Gasteiger partial charge is 0.270 e. The number of hydrazine groups is 1. The van der Waals surface area contributed by atoms with Crippen LogP contribution in [0.1, 0.15) is 58.9 Å². The van der Waals surface area contributed by atoms with Gasteiger partial charge in [-0.1, -0.05) is 58.0 Å². The fraction of sp³-hybridized carbons (Fsp3) is 0.583. The molecule has 2 rings (SSSR count). The summed E-state index contributed by atoms with van der Waals surface area (Å²) in [6.45, 7) is 7.94. The van der Waals surface area contributed by atoms with Gasteiger partial charge in [0.2, 0.25) is 11.8 Å². The van der Waals surface area contributed by atoms with Crippen LogP contribution >= 0.6 is 12.2 Å². The van der Waals surface area contributed by atoms with Gasteiger partial charge < -0.3 is 5.32 Å². The average Bonchev–Trinajstić information content (AvgIpc) is 3.02. The van der Waals surface area contributed by atoms with E-state index >= 15 is 0 Å². The van der Waals surface area contributed by atoms with Crippen molar-refractivity contribution in [1.82, 2.24) is 21.2 Å². The summed E-state index contributed by atoms with van der Waals surface area (Å²) in [6.07, 6.45) is 2.85. The molecule has 1 aromatic carbocycles. The number of nitrogens with zero attached hydrogens (tertiary/aromatic N) is 1. The summed E-state index contributed by atoms with van der Waals surface area (Å²) in [4.78, 5) is 38.6. The first-order valence-electron chi connectivity index (χ1n) is 11.6. The Hall–Kier alpha value is -2.52. The summed E-state index contributed by atoms with van der Waals surface area (Å²) >= 11 is 5.26. The van der Waals surface area contributed by atoms with Crippen LogP contribution in [-0.2, 0) is 20.8 Å². The van der Waals surface area contributed by atoms with Crippen LogP contribution in [0.5, 0.6) is 0 Å². The molecule has 1 heterocycles. The van der Waals surface area contributed by atoms with Crippen molar-refractivity contribution in [3.05, 3.63) is 35.9 Å². The second-order valence-corrected chi connectivity index (χ2v) is 9.86. The Morgan fingerprint density at radius 1 is 1.09 bits per heavy atom. The van der Waals surface area contributed by atoms with Crippen molar-refractivity contribution in [3.63, 3.8) is 0 Å². The van der Waals surface area contributed by atoms with Gasteiger partial charge in [0.25, 0.3) is 5.91 Å². The van der Waals surface area contributed by atoms with E-state index in [2.05, 4.69) is 10.7 Å².